The second-order valence-electron chi connectivity index (χ2n) is 8.07. The van der Waals surface area contributed by atoms with Crippen LogP contribution >= 0.6 is 0 Å². The summed E-state index contributed by atoms with van der Waals surface area (Å²) in [5, 5.41) is 0. The molecule has 0 amide bonds. The smallest absolute Gasteiger partial charge is 0.0402 e. The SMILES string of the molecule is C1=C(c2ccccc2)N2C[C@@H]3C[C@@H](CN4CCCC[C@H]34)[C@@H]2CC1. The molecule has 0 radical (unpaired) electrons. The maximum Gasteiger partial charge on any atom is 0.0402 e. The third-order valence-electron chi connectivity index (χ3n) is 6.84. The first-order valence-corrected chi connectivity index (χ1v) is 9.66. The highest BCUT2D eigenvalue weighted by Gasteiger charge is 2.46. The van der Waals surface area contributed by atoms with Crippen LogP contribution in [0.25, 0.3) is 5.70 Å². The van der Waals surface area contributed by atoms with Gasteiger partial charge in [0.2, 0.25) is 0 Å². The van der Waals surface area contributed by atoms with Crippen molar-refractivity contribution >= 4 is 5.70 Å². The lowest BCUT2D eigenvalue weighted by atomic mass is 9.71. The summed E-state index contributed by atoms with van der Waals surface area (Å²) in [7, 11) is 0. The molecule has 4 aliphatic rings. The summed E-state index contributed by atoms with van der Waals surface area (Å²) in [5.41, 5.74) is 2.96. The molecule has 4 atom stereocenters. The van der Waals surface area contributed by atoms with Gasteiger partial charge >= 0.3 is 0 Å². The van der Waals surface area contributed by atoms with Crippen molar-refractivity contribution in [1.29, 1.82) is 0 Å². The first kappa shape index (κ1) is 14.1. The largest absolute Gasteiger partial charge is 0.368 e. The zero-order valence-electron chi connectivity index (χ0n) is 14.0. The summed E-state index contributed by atoms with van der Waals surface area (Å²) < 4.78 is 0. The molecule has 3 fully saturated rings. The Hall–Kier alpha value is -1.28. The standard InChI is InChI=1S/C21H28N2/c1-2-7-16(8-3-1)20-10-6-11-21-17-13-18(15-23(20)21)19-9-4-5-12-22(19)14-17/h1-3,7-8,10,17-19,21H,4-6,9,11-15H2/t17-,18-,19+,21-/m0/s1. The third kappa shape index (κ3) is 2.34. The highest BCUT2D eigenvalue weighted by Crippen LogP contribution is 2.45. The summed E-state index contributed by atoms with van der Waals surface area (Å²) in [6.45, 7) is 4.03. The molecule has 23 heavy (non-hydrogen) atoms. The Morgan fingerprint density at radius 1 is 0.870 bits per heavy atom. The lowest BCUT2D eigenvalue weighted by Crippen LogP contribution is -2.62. The summed E-state index contributed by atoms with van der Waals surface area (Å²) in [6, 6.07) is 12.8. The highest BCUT2D eigenvalue weighted by molar-refractivity contribution is 5.65. The molecule has 0 spiro atoms. The van der Waals surface area contributed by atoms with E-state index < -0.39 is 0 Å². The van der Waals surface area contributed by atoms with Gasteiger partial charge in [-0.25, -0.2) is 0 Å². The number of rotatable bonds is 1. The Morgan fingerprint density at radius 3 is 2.65 bits per heavy atom. The molecule has 0 aliphatic carbocycles. The zero-order chi connectivity index (χ0) is 15.2. The molecule has 3 saturated heterocycles. The van der Waals surface area contributed by atoms with Crippen molar-refractivity contribution in [2.24, 2.45) is 11.8 Å². The number of allylic oxidation sites excluding steroid dienone is 1. The number of hydrogen-bond donors (Lipinski definition) is 0. The van der Waals surface area contributed by atoms with Gasteiger partial charge in [-0.3, -0.25) is 4.90 Å². The van der Waals surface area contributed by atoms with E-state index in [1.165, 1.54) is 69.4 Å². The molecule has 4 aliphatic heterocycles. The summed E-state index contributed by atoms with van der Waals surface area (Å²) >= 11 is 0. The van der Waals surface area contributed by atoms with Gasteiger partial charge in [0.25, 0.3) is 0 Å². The summed E-state index contributed by atoms with van der Waals surface area (Å²) in [6.07, 6.45) is 10.9. The minimum Gasteiger partial charge on any atom is -0.368 e. The molecule has 1 aromatic carbocycles. The highest BCUT2D eigenvalue weighted by atomic mass is 15.3. The number of fused-ring (bicyclic) bond motifs is 6. The average Bonchev–Trinajstić information content (AvgIpc) is 2.62. The molecule has 0 aromatic heterocycles. The van der Waals surface area contributed by atoms with Gasteiger partial charge in [-0.15, -0.1) is 0 Å². The molecule has 4 heterocycles. The third-order valence-corrected chi connectivity index (χ3v) is 6.84. The second kappa shape index (κ2) is 5.66. The summed E-state index contributed by atoms with van der Waals surface area (Å²) in [5.74, 6) is 1.80. The van der Waals surface area contributed by atoms with Crippen LogP contribution in [0.5, 0.6) is 0 Å². The van der Waals surface area contributed by atoms with Crippen molar-refractivity contribution in [2.45, 2.75) is 50.6 Å². The average molecular weight is 308 g/mol. The molecule has 0 saturated carbocycles. The van der Waals surface area contributed by atoms with E-state index in [9.17, 15) is 0 Å². The Balaban J connectivity index is 1.46. The molecule has 1 aromatic rings. The van der Waals surface area contributed by atoms with Crippen LogP contribution < -0.4 is 0 Å². The van der Waals surface area contributed by atoms with Gasteiger partial charge in [-0.05, 0) is 56.0 Å². The lowest BCUT2D eigenvalue weighted by Gasteiger charge is -2.57. The van der Waals surface area contributed by atoms with Crippen molar-refractivity contribution in [3.8, 4) is 0 Å². The van der Waals surface area contributed by atoms with Gasteiger partial charge in [-0.1, -0.05) is 42.8 Å². The first-order valence-electron chi connectivity index (χ1n) is 9.66. The van der Waals surface area contributed by atoms with Crippen LogP contribution in [0.1, 0.15) is 44.1 Å². The lowest BCUT2D eigenvalue weighted by molar-refractivity contribution is -0.0456. The van der Waals surface area contributed by atoms with E-state index in [0.29, 0.717) is 0 Å². The van der Waals surface area contributed by atoms with Gasteiger partial charge in [0, 0.05) is 30.9 Å². The normalized spacial score (nSPS) is 36.9. The van der Waals surface area contributed by atoms with Gasteiger partial charge in [-0.2, -0.15) is 0 Å². The van der Waals surface area contributed by atoms with Crippen LogP contribution in [0.2, 0.25) is 0 Å². The summed E-state index contributed by atoms with van der Waals surface area (Å²) in [4.78, 5) is 5.67. The van der Waals surface area contributed by atoms with Gasteiger partial charge in [0.05, 0.1) is 0 Å². The number of hydrogen-bond acceptors (Lipinski definition) is 2. The van der Waals surface area contributed by atoms with Crippen molar-refractivity contribution < 1.29 is 0 Å². The van der Waals surface area contributed by atoms with Crippen molar-refractivity contribution in [3.05, 3.63) is 42.0 Å². The number of benzene rings is 1. The van der Waals surface area contributed by atoms with E-state index in [1.54, 1.807) is 0 Å². The fourth-order valence-electron chi connectivity index (χ4n) is 5.89. The maximum atomic E-state index is 2.86. The fourth-order valence-corrected chi connectivity index (χ4v) is 5.89. The predicted octanol–water partition coefficient (Wildman–Crippen LogP) is 4.00. The van der Waals surface area contributed by atoms with E-state index in [2.05, 4.69) is 46.2 Å². The quantitative estimate of drug-likeness (QED) is 0.774. The van der Waals surface area contributed by atoms with E-state index in [0.717, 1.165) is 23.9 Å². The topological polar surface area (TPSA) is 6.48 Å². The Labute approximate surface area is 140 Å². The van der Waals surface area contributed by atoms with Gasteiger partial charge < -0.3 is 4.90 Å². The van der Waals surface area contributed by atoms with E-state index in [4.69, 9.17) is 0 Å². The van der Waals surface area contributed by atoms with Crippen LogP contribution in [0.15, 0.2) is 36.4 Å². The van der Waals surface area contributed by atoms with Crippen molar-refractivity contribution in [1.82, 2.24) is 9.80 Å². The van der Waals surface area contributed by atoms with Crippen LogP contribution in [0.4, 0.5) is 0 Å². The van der Waals surface area contributed by atoms with Gasteiger partial charge in [0.15, 0.2) is 0 Å². The minimum absolute atomic E-state index is 0.786. The molecular weight excluding hydrogens is 280 g/mol. The zero-order valence-corrected chi connectivity index (χ0v) is 14.0. The van der Waals surface area contributed by atoms with E-state index in [-0.39, 0.29) is 0 Å². The van der Waals surface area contributed by atoms with Crippen LogP contribution in [-0.4, -0.2) is 41.5 Å². The Morgan fingerprint density at radius 2 is 1.74 bits per heavy atom. The molecule has 0 unspecified atom stereocenters. The van der Waals surface area contributed by atoms with Crippen molar-refractivity contribution in [2.75, 3.05) is 19.6 Å². The number of piperidine rings is 3. The van der Waals surface area contributed by atoms with E-state index >= 15 is 0 Å². The van der Waals surface area contributed by atoms with Crippen molar-refractivity contribution in [3.63, 3.8) is 0 Å². The van der Waals surface area contributed by atoms with Crippen LogP contribution in [0.3, 0.4) is 0 Å². The molecular formula is C21H28N2. The molecule has 2 nitrogen and oxygen atoms in total. The maximum absolute atomic E-state index is 2.86. The molecule has 2 bridgehead atoms. The van der Waals surface area contributed by atoms with Crippen LogP contribution in [0, 0.1) is 11.8 Å². The molecule has 2 heteroatoms. The minimum atomic E-state index is 0.786. The van der Waals surface area contributed by atoms with Crippen LogP contribution in [-0.2, 0) is 0 Å². The van der Waals surface area contributed by atoms with Gasteiger partial charge in [0.1, 0.15) is 0 Å². The Bertz CT molecular complexity index is 593. The Kier molecular flexibility index (Phi) is 3.47. The van der Waals surface area contributed by atoms with E-state index in [1.807, 2.05) is 0 Å². The molecule has 122 valence electrons. The monoisotopic (exact) mass is 308 g/mol. The molecule has 0 N–H and O–H groups in total. The number of nitrogens with zero attached hydrogens (tertiary/aromatic N) is 2. The fraction of sp³-hybridized carbons (Fsp3) is 0.619. The molecule has 5 rings (SSSR count). The first-order chi connectivity index (χ1) is 11.4. The second-order valence-corrected chi connectivity index (χ2v) is 8.07. The predicted molar refractivity (Wildman–Crippen MR) is 95.0 cm³/mol.